The number of benzene rings is 1. The zero-order chi connectivity index (χ0) is 20.0. The van der Waals surface area contributed by atoms with E-state index in [4.69, 9.17) is 9.73 Å². The number of rotatable bonds is 6. The smallest absolute Gasteiger partial charge is 0.351 e. The Labute approximate surface area is 161 Å². The number of hydrogen-bond donors (Lipinski definition) is 1. The first-order chi connectivity index (χ1) is 12.9. The Morgan fingerprint density at radius 2 is 1.85 bits per heavy atom. The van der Waals surface area contributed by atoms with Gasteiger partial charge < -0.3 is 15.0 Å². The minimum atomic E-state index is -0.636. The van der Waals surface area contributed by atoms with E-state index in [1.807, 2.05) is 30.3 Å². The molecule has 144 valence electrons. The molecule has 1 heterocycles. The number of carbonyl (C=O) groups excluding carboxylic acids is 1. The molecule has 0 atom stereocenters. The molecule has 0 amide bonds. The molecular formula is C21H28N4O2. The van der Waals surface area contributed by atoms with Crippen molar-refractivity contribution in [3.63, 3.8) is 0 Å². The molecule has 27 heavy (non-hydrogen) atoms. The average molecular weight is 368 g/mol. The predicted molar refractivity (Wildman–Crippen MR) is 108 cm³/mol. The van der Waals surface area contributed by atoms with Gasteiger partial charge in [0.2, 0.25) is 0 Å². The third-order valence-electron chi connectivity index (χ3n) is 3.93. The molecule has 0 radical (unpaired) electrons. The highest BCUT2D eigenvalue weighted by atomic mass is 16.5. The molecule has 0 aliphatic carbocycles. The SMILES string of the molecule is CCOC(=O)C(C#N)=C1Nc2ccccc2N=C1N(CC(C)C)CC(C)C. The number of aliphatic imine (C=N–C) groups is 1. The van der Waals surface area contributed by atoms with E-state index in [1.54, 1.807) is 6.92 Å². The van der Waals surface area contributed by atoms with Crippen LogP contribution in [0.3, 0.4) is 0 Å². The van der Waals surface area contributed by atoms with Gasteiger partial charge in [0.05, 0.1) is 18.0 Å². The zero-order valence-corrected chi connectivity index (χ0v) is 16.7. The molecule has 0 spiro atoms. The van der Waals surface area contributed by atoms with E-state index in [0.29, 0.717) is 23.4 Å². The quantitative estimate of drug-likeness (QED) is 0.465. The minimum absolute atomic E-state index is 0.0531. The number of nitrogens with one attached hydrogen (secondary N) is 1. The van der Waals surface area contributed by atoms with Crippen LogP contribution in [0, 0.1) is 23.2 Å². The van der Waals surface area contributed by atoms with Crippen LogP contribution in [0.2, 0.25) is 0 Å². The molecule has 0 bridgehead atoms. The van der Waals surface area contributed by atoms with Gasteiger partial charge in [0.15, 0.2) is 11.4 Å². The lowest BCUT2D eigenvalue weighted by atomic mass is 10.1. The van der Waals surface area contributed by atoms with Gasteiger partial charge in [-0.1, -0.05) is 39.8 Å². The van der Waals surface area contributed by atoms with Gasteiger partial charge in [-0.15, -0.1) is 0 Å². The number of anilines is 1. The normalized spacial score (nSPS) is 14.8. The highest BCUT2D eigenvalue weighted by molar-refractivity contribution is 6.12. The molecular weight excluding hydrogens is 340 g/mol. The van der Waals surface area contributed by atoms with E-state index in [-0.39, 0.29) is 12.2 Å². The lowest BCUT2D eigenvalue weighted by Gasteiger charge is -2.33. The first-order valence-electron chi connectivity index (χ1n) is 9.38. The third-order valence-corrected chi connectivity index (χ3v) is 3.93. The highest BCUT2D eigenvalue weighted by Gasteiger charge is 2.29. The highest BCUT2D eigenvalue weighted by Crippen LogP contribution is 2.33. The lowest BCUT2D eigenvalue weighted by Crippen LogP contribution is -2.41. The summed E-state index contributed by atoms with van der Waals surface area (Å²) in [7, 11) is 0. The van der Waals surface area contributed by atoms with Crippen LogP contribution in [0.15, 0.2) is 40.5 Å². The Kier molecular flexibility index (Phi) is 7.00. The van der Waals surface area contributed by atoms with Gasteiger partial charge in [0, 0.05) is 13.1 Å². The van der Waals surface area contributed by atoms with Crippen molar-refractivity contribution in [3.8, 4) is 6.07 Å². The van der Waals surface area contributed by atoms with Gasteiger partial charge >= 0.3 is 5.97 Å². The van der Waals surface area contributed by atoms with E-state index in [1.165, 1.54) is 0 Å². The van der Waals surface area contributed by atoms with E-state index < -0.39 is 5.97 Å². The molecule has 0 unspecified atom stereocenters. The Bertz CT molecular complexity index is 778. The summed E-state index contributed by atoms with van der Waals surface area (Å²) in [5.41, 5.74) is 1.91. The van der Waals surface area contributed by atoms with E-state index in [0.717, 1.165) is 24.5 Å². The Balaban J connectivity index is 2.63. The number of para-hydroxylation sites is 2. The molecule has 0 saturated carbocycles. The van der Waals surface area contributed by atoms with Crippen LogP contribution in [0.5, 0.6) is 0 Å². The van der Waals surface area contributed by atoms with Crippen LogP contribution in [-0.4, -0.2) is 36.4 Å². The summed E-state index contributed by atoms with van der Waals surface area (Å²) >= 11 is 0. The molecule has 1 aromatic carbocycles. The summed E-state index contributed by atoms with van der Waals surface area (Å²) in [5, 5.41) is 12.9. The minimum Gasteiger partial charge on any atom is -0.462 e. The summed E-state index contributed by atoms with van der Waals surface area (Å²) in [6.45, 7) is 12.0. The van der Waals surface area contributed by atoms with Gasteiger partial charge in [-0.25, -0.2) is 9.79 Å². The molecule has 1 aromatic rings. The van der Waals surface area contributed by atoms with E-state index in [9.17, 15) is 10.1 Å². The molecule has 6 heteroatoms. The number of nitriles is 1. The molecule has 1 N–H and O–H groups in total. The molecule has 1 aliphatic rings. The van der Waals surface area contributed by atoms with Crippen molar-refractivity contribution < 1.29 is 9.53 Å². The van der Waals surface area contributed by atoms with E-state index >= 15 is 0 Å². The van der Waals surface area contributed by atoms with Crippen LogP contribution >= 0.6 is 0 Å². The summed E-state index contributed by atoms with van der Waals surface area (Å²) < 4.78 is 5.09. The first kappa shape index (κ1) is 20.5. The molecule has 0 fully saturated rings. The van der Waals surface area contributed by atoms with Gasteiger partial charge in [0.25, 0.3) is 0 Å². The second-order valence-electron chi connectivity index (χ2n) is 7.35. The van der Waals surface area contributed by atoms with Crippen LogP contribution in [0.1, 0.15) is 34.6 Å². The van der Waals surface area contributed by atoms with Gasteiger partial charge in [0.1, 0.15) is 11.8 Å². The Morgan fingerprint density at radius 3 is 2.41 bits per heavy atom. The number of fused-ring (bicyclic) bond motifs is 1. The number of ether oxygens (including phenoxy) is 1. The van der Waals surface area contributed by atoms with Crippen LogP contribution in [0.25, 0.3) is 0 Å². The third kappa shape index (κ3) is 5.10. The second kappa shape index (κ2) is 9.22. The van der Waals surface area contributed by atoms with Gasteiger partial charge in [-0.05, 0) is 30.9 Å². The molecule has 1 aliphatic heterocycles. The number of carbonyl (C=O) groups is 1. The number of esters is 1. The zero-order valence-electron chi connectivity index (χ0n) is 16.7. The van der Waals surface area contributed by atoms with Crippen molar-refractivity contribution in [3.05, 3.63) is 35.5 Å². The maximum absolute atomic E-state index is 12.4. The van der Waals surface area contributed by atoms with Crippen molar-refractivity contribution in [1.29, 1.82) is 5.26 Å². The maximum atomic E-state index is 12.4. The Hall–Kier alpha value is -2.81. The molecule has 0 saturated heterocycles. The summed E-state index contributed by atoms with van der Waals surface area (Å²) in [5.74, 6) is 0.778. The van der Waals surface area contributed by atoms with E-state index in [2.05, 4.69) is 37.9 Å². The average Bonchev–Trinajstić information content (AvgIpc) is 2.60. The van der Waals surface area contributed by atoms with Crippen molar-refractivity contribution in [2.45, 2.75) is 34.6 Å². The largest absolute Gasteiger partial charge is 0.462 e. The van der Waals surface area contributed by atoms with Gasteiger partial charge in [-0.2, -0.15) is 5.26 Å². The number of hydrogen-bond acceptors (Lipinski definition) is 6. The standard InChI is InChI=1S/C21H28N4O2/c1-6-27-21(26)16(11-22)19-20(25(12-14(2)3)13-15(4)5)24-18-10-8-7-9-17(18)23-19/h7-10,14-15,23H,6,12-13H2,1-5H3. The van der Waals surface area contributed by atoms with Crippen LogP contribution < -0.4 is 5.32 Å². The summed E-state index contributed by atoms with van der Waals surface area (Å²) in [6.07, 6.45) is 0. The topological polar surface area (TPSA) is 77.7 Å². The second-order valence-corrected chi connectivity index (χ2v) is 7.35. The Morgan fingerprint density at radius 1 is 1.22 bits per heavy atom. The van der Waals surface area contributed by atoms with Crippen LogP contribution in [0.4, 0.5) is 11.4 Å². The van der Waals surface area contributed by atoms with Crippen molar-refractivity contribution in [2.75, 3.05) is 25.0 Å². The summed E-state index contributed by atoms with van der Waals surface area (Å²) in [4.78, 5) is 19.3. The fourth-order valence-electron chi connectivity index (χ4n) is 2.98. The summed E-state index contributed by atoms with van der Waals surface area (Å²) in [6, 6.07) is 9.62. The fourth-order valence-corrected chi connectivity index (χ4v) is 2.98. The lowest BCUT2D eigenvalue weighted by molar-refractivity contribution is -0.138. The van der Waals surface area contributed by atoms with Gasteiger partial charge in [-0.3, -0.25) is 0 Å². The monoisotopic (exact) mass is 368 g/mol. The first-order valence-corrected chi connectivity index (χ1v) is 9.38. The van der Waals surface area contributed by atoms with Crippen molar-refractivity contribution in [1.82, 2.24) is 4.90 Å². The molecule has 6 nitrogen and oxygen atoms in total. The predicted octanol–water partition coefficient (Wildman–Crippen LogP) is 4.10. The fraction of sp³-hybridized carbons (Fsp3) is 0.476. The number of amidine groups is 1. The van der Waals surface area contributed by atoms with Crippen LogP contribution in [-0.2, 0) is 9.53 Å². The maximum Gasteiger partial charge on any atom is 0.351 e. The number of nitrogens with zero attached hydrogens (tertiary/aromatic N) is 3. The van der Waals surface area contributed by atoms with Crippen molar-refractivity contribution >= 4 is 23.2 Å². The molecule has 2 rings (SSSR count). The van der Waals surface area contributed by atoms with Crippen molar-refractivity contribution in [2.24, 2.45) is 16.8 Å². The molecule has 0 aromatic heterocycles.